The quantitative estimate of drug-likeness (QED) is 0.359. The number of benzene rings is 2. The zero-order chi connectivity index (χ0) is 17.0. The lowest BCUT2D eigenvalue weighted by atomic mass is 10.0. The van der Waals surface area contributed by atoms with Crippen LogP contribution in [-0.4, -0.2) is 41.7 Å². The number of rotatable bonds is 6. The van der Waals surface area contributed by atoms with Crippen LogP contribution in [0.2, 0.25) is 0 Å². The molecule has 0 aliphatic carbocycles. The number of anilines is 1. The maximum absolute atomic E-state index is 11.4. The van der Waals surface area contributed by atoms with E-state index in [9.17, 15) is 23.2 Å². The van der Waals surface area contributed by atoms with Crippen LogP contribution in [-0.2, 0) is 10.1 Å². The minimum absolute atomic E-state index is 0.0141. The summed E-state index contributed by atoms with van der Waals surface area (Å²) in [5.41, 5.74) is 0.892. The lowest BCUT2D eigenvalue weighted by Crippen LogP contribution is -2.21. The Hall–Kier alpha value is -1.80. The molecule has 0 aliphatic rings. The van der Waals surface area contributed by atoms with E-state index in [1.807, 2.05) is 0 Å². The molecule has 124 valence electrons. The first kappa shape index (κ1) is 17.6. The molecule has 2 aromatic carbocycles. The Bertz CT molecular complexity index is 780. The number of phenolic OH excluding ortho intramolecular Hbond substituents is 1. The molecule has 6 nitrogen and oxygen atoms in total. The van der Waals surface area contributed by atoms with E-state index in [2.05, 4.69) is 5.32 Å². The SMILES string of the molecule is O=S(=O)(O)c1cc(NCC(O)CCl)c(O)c(-c2ccccc2)c1. The first-order chi connectivity index (χ1) is 10.8. The van der Waals surface area contributed by atoms with Crippen LogP contribution in [0.25, 0.3) is 11.1 Å². The molecule has 1 atom stereocenters. The fraction of sp³-hybridized carbons (Fsp3) is 0.200. The third-order valence-corrected chi connectivity index (χ3v) is 4.36. The summed E-state index contributed by atoms with van der Waals surface area (Å²) >= 11 is 5.50. The zero-order valence-electron chi connectivity index (χ0n) is 12.0. The highest BCUT2D eigenvalue weighted by Crippen LogP contribution is 2.38. The van der Waals surface area contributed by atoms with Gasteiger partial charge in [-0.15, -0.1) is 11.6 Å². The van der Waals surface area contributed by atoms with Crippen molar-refractivity contribution in [2.45, 2.75) is 11.0 Å². The highest BCUT2D eigenvalue weighted by Gasteiger charge is 2.18. The van der Waals surface area contributed by atoms with Gasteiger partial charge in [-0.25, -0.2) is 0 Å². The highest BCUT2D eigenvalue weighted by atomic mass is 35.5. The summed E-state index contributed by atoms with van der Waals surface area (Å²) < 4.78 is 32.2. The van der Waals surface area contributed by atoms with Crippen LogP contribution in [0, 0.1) is 0 Å². The van der Waals surface area contributed by atoms with E-state index in [0.29, 0.717) is 5.56 Å². The third kappa shape index (κ3) is 4.35. The molecule has 0 bridgehead atoms. The van der Waals surface area contributed by atoms with E-state index >= 15 is 0 Å². The van der Waals surface area contributed by atoms with E-state index in [1.54, 1.807) is 30.3 Å². The number of aliphatic hydroxyl groups is 1. The molecule has 8 heteroatoms. The smallest absolute Gasteiger partial charge is 0.294 e. The Kier molecular flexibility index (Phi) is 5.48. The van der Waals surface area contributed by atoms with Crippen molar-refractivity contribution in [3.8, 4) is 16.9 Å². The summed E-state index contributed by atoms with van der Waals surface area (Å²) in [5.74, 6) is -0.206. The number of phenols is 1. The molecule has 0 saturated heterocycles. The molecular weight excluding hydrogens is 342 g/mol. The van der Waals surface area contributed by atoms with Crippen molar-refractivity contribution in [1.29, 1.82) is 0 Å². The largest absolute Gasteiger partial charge is 0.505 e. The Labute approximate surface area is 139 Å². The Balaban J connectivity index is 2.53. The second-order valence-electron chi connectivity index (χ2n) is 4.90. The first-order valence-corrected chi connectivity index (χ1v) is 8.68. The molecule has 0 spiro atoms. The predicted molar refractivity (Wildman–Crippen MR) is 88.6 cm³/mol. The molecule has 23 heavy (non-hydrogen) atoms. The van der Waals surface area contributed by atoms with Gasteiger partial charge in [0.05, 0.1) is 22.6 Å². The highest BCUT2D eigenvalue weighted by molar-refractivity contribution is 7.85. The molecule has 0 amide bonds. The number of hydrogen-bond donors (Lipinski definition) is 4. The Morgan fingerprint density at radius 1 is 1.17 bits per heavy atom. The summed E-state index contributed by atoms with van der Waals surface area (Å²) in [6, 6.07) is 10.9. The normalized spacial score (nSPS) is 12.8. The Morgan fingerprint density at radius 3 is 2.39 bits per heavy atom. The molecule has 2 rings (SSSR count). The van der Waals surface area contributed by atoms with Crippen molar-refractivity contribution in [2.24, 2.45) is 0 Å². The number of alkyl halides is 1. The van der Waals surface area contributed by atoms with Gasteiger partial charge in [-0.3, -0.25) is 4.55 Å². The summed E-state index contributed by atoms with van der Waals surface area (Å²) in [7, 11) is -4.46. The van der Waals surface area contributed by atoms with Crippen LogP contribution in [0.15, 0.2) is 47.4 Å². The van der Waals surface area contributed by atoms with Crippen LogP contribution < -0.4 is 5.32 Å². The van der Waals surface area contributed by atoms with E-state index in [4.69, 9.17) is 11.6 Å². The molecule has 0 heterocycles. The number of aliphatic hydroxyl groups excluding tert-OH is 1. The second-order valence-corrected chi connectivity index (χ2v) is 6.63. The Morgan fingerprint density at radius 2 is 1.83 bits per heavy atom. The van der Waals surface area contributed by atoms with Gasteiger partial charge < -0.3 is 15.5 Å². The summed E-state index contributed by atoms with van der Waals surface area (Å²) in [5, 5.41) is 22.6. The van der Waals surface area contributed by atoms with Crippen molar-refractivity contribution < 1.29 is 23.2 Å². The lowest BCUT2D eigenvalue weighted by molar-refractivity contribution is 0.211. The van der Waals surface area contributed by atoms with Gasteiger partial charge in [0, 0.05) is 12.1 Å². The zero-order valence-corrected chi connectivity index (χ0v) is 13.5. The minimum atomic E-state index is -4.46. The van der Waals surface area contributed by atoms with E-state index in [0.717, 1.165) is 6.07 Å². The van der Waals surface area contributed by atoms with Gasteiger partial charge in [0.25, 0.3) is 10.1 Å². The molecule has 0 radical (unpaired) electrons. The van der Waals surface area contributed by atoms with Crippen molar-refractivity contribution in [1.82, 2.24) is 0 Å². The lowest BCUT2D eigenvalue weighted by Gasteiger charge is -2.15. The van der Waals surface area contributed by atoms with E-state index in [-0.39, 0.29) is 34.3 Å². The summed E-state index contributed by atoms with van der Waals surface area (Å²) in [6.45, 7) is 0.0141. The van der Waals surface area contributed by atoms with Crippen LogP contribution in [0.4, 0.5) is 5.69 Å². The molecule has 1 unspecified atom stereocenters. The average molecular weight is 358 g/mol. The molecule has 0 aliphatic heterocycles. The van der Waals surface area contributed by atoms with Gasteiger partial charge in [0.2, 0.25) is 0 Å². The predicted octanol–water partition coefficient (Wildman–Crippen LogP) is 2.32. The van der Waals surface area contributed by atoms with Crippen molar-refractivity contribution >= 4 is 27.4 Å². The molecule has 0 saturated carbocycles. The molecule has 0 fully saturated rings. The maximum Gasteiger partial charge on any atom is 0.294 e. The van der Waals surface area contributed by atoms with Crippen LogP contribution >= 0.6 is 11.6 Å². The third-order valence-electron chi connectivity index (χ3n) is 3.17. The second kappa shape index (κ2) is 7.18. The van der Waals surface area contributed by atoms with Gasteiger partial charge in [0.1, 0.15) is 5.75 Å². The van der Waals surface area contributed by atoms with Crippen molar-refractivity contribution in [2.75, 3.05) is 17.7 Å². The first-order valence-electron chi connectivity index (χ1n) is 6.70. The number of nitrogens with one attached hydrogen (secondary N) is 1. The minimum Gasteiger partial charge on any atom is -0.505 e. The van der Waals surface area contributed by atoms with E-state index in [1.165, 1.54) is 6.07 Å². The average Bonchev–Trinajstić information content (AvgIpc) is 2.53. The summed E-state index contributed by atoms with van der Waals surface area (Å²) in [6.07, 6.45) is -0.870. The summed E-state index contributed by atoms with van der Waals surface area (Å²) in [4.78, 5) is -0.364. The van der Waals surface area contributed by atoms with Gasteiger partial charge in [-0.1, -0.05) is 30.3 Å². The molecular formula is C15H16ClNO5S. The van der Waals surface area contributed by atoms with Crippen LogP contribution in [0.3, 0.4) is 0 Å². The van der Waals surface area contributed by atoms with Crippen molar-refractivity contribution in [3.63, 3.8) is 0 Å². The van der Waals surface area contributed by atoms with Crippen LogP contribution in [0.1, 0.15) is 0 Å². The van der Waals surface area contributed by atoms with Crippen LogP contribution in [0.5, 0.6) is 5.75 Å². The molecule has 4 N–H and O–H groups in total. The van der Waals surface area contributed by atoms with Gasteiger partial charge in [-0.05, 0) is 17.7 Å². The van der Waals surface area contributed by atoms with Gasteiger partial charge in [-0.2, -0.15) is 8.42 Å². The molecule has 2 aromatic rings. The van der Waals surface area contributed by atoms with Crippen molar-refractivity contribution in [3.05, 3.63) is 42.5 Å². The van der Waals surface area contributed by atoms with Gasteiger partial charge in [0.15, 0.2) is 0 Å². The van der Waals surface area contributed by atoms with E-state index < -0.39 is 16.2 Å². The number of aromatic hydroxyl groups is 1. The topological polar surface area (TPSA) is 107 Å². The molecule has 0 aromatic heterocycles. The van der Waals surface area contributed by atoms with Gasteiger partial charge >= 0.3 is 0 Å². The fourth-order valence-electron chi connectivity index (χ4n) is 2.01. The number of hydrogen-bond acceptors (Lipinski definition) is 5. The fourth-order valence-corrected chi connectivity index (χ4v) is 2.65. The standard InChI is InChI=1S/C15H16ClNO5S/c16-8-11(18)9-17-14-7-12(23(20,21)22)6-13(15(14)19)10-4-2-1-3-5-10/h1-7,11,17-19H,8-9H2,(H,20,21,22). The number of halogens is 1. The maximum atomic E-state index is 11.4. The monoisotopic (exact) mass is 357 g/mol.